The Kier molecular flexibility index (Phi) is 3.92. The highest BCUT2D eigenvalue weighted by Crippen LogP contribution is 2.29. The number of rotatable bonds is 2. The number of imide groups is 1. The molecule has 2 fully saturated rings. The molecule has 0 radical (unpaired) electrons. The number of carbonyl (C=O) groups excluding carboxylic acids is 2. The molecule has 1 unspecified atom stereocenters. The van der Waals surface area contributed by atoms with Crippen LogP contribution >= 0.6 is 0 Å². The fraction of sp³-hybridized carbons (Fsp3) is 0.500. The minimum atomic E-state index is -0.196. The third-order valence-electron chi connectivity index (χ3n) is 4.32. The molecule has 2 saturated heterocycles. The predicted molar refractivity (Wildman–Crippen MR) is 81.4 cm³/mol. The Morgan fingerprint density at radius 3 is 2.62 bits per heavy atom. The monoisotopic (exact) mass is 287 g/mol. The Morgan fingerprint density at radius 2 is 1.95 bits per heavy atom. The number of piperidine rings is 1. The second-order valence-corrected chi connectivity index (χ2v) is 5.79. The van der Waals surface area contributed by atoms with Gasteiger partial charge in [0.15, 0.2) is 0 Å². The van der Waals surface area contributed by atoms with Gasteiger partial charge in [-0.2, -0.15) is 0 Å². The van der Waals surface area contributed by atoms with E-state index in [2.05, 4.69) is 34.6 Å². The maximum absolute atomic E-state index is 12.0. The smallest absolute Gasteiger partial charge is 0.234 e. The fourth-order valence-corrected chi connectivity index (χ4v) is 3.17. The molecule has 1 aromatic carbocycles. The minimum Gasteiger partial charge on any atom is -0.369 e. The third kappa shape index (κ3) is 2.93. The predicted octanol–water partition coefficient (Wildman–Crippen LogP) is 0.925. The molecule has 5 heteroatoms. The molecule has 0 saturated carbocycles. The summed E-state index contributed by atoms with van der Waals surface area (Å²) in [6.45, 7) is 6.13. The van der Waals surface area contributed by atoms with Crippen LogP contribution in [-0.4, -0.2) is 38.0 Å². The van der Waals surface area contributed by atoms with Crippen LogP contribution in [0.15, 0.2) is 18.2 Å². The van der Waals surface area contributed by atoms with Crippen molar-refractivity contribution in [2.75, 3.05) is 31.1 Å². The lowest BCUT2D eigenvalue weighted by atomic mass is 9.89. The molecule has 2 aliphatic rings. The summed E-state index contributed by atoms with van der Waals surface area (Å²) in [7, 11) is 0. The van der Waals surface area contributed by atoms with Crippen molar-refractivity contribution >= 4 is 17.5 Å². The molecule has 1 aromatic rings. The number of hydrogen-bond donors (Lipinski definition) is 2. The average Bonchev–Trinajstić information content (AvgIpc) is 2.48. The number of nitrogens with zero attached hydrogens (tertiary/aromatic N) is 1. The van der Waals surface area contributed by atoms with Gasteiger partial charge in [0.05, 0.1) is 5.92 Å². The second-order valence-electron chi connectivity index (χ2n) is 5.79. The van der Waals surface area contributed by atoms with Gasteiger partial charge in [-0.1, -0.05) is 12.1 Å². The Hall–Kier alpha value is -1.88. The van der Waals surface area contributed by atoms with Gasteiger partial charge in [-0.25, -0.2) is 0 Å². The first-order chi connectivity index (χ1) is 10.1. The Bertz CT molecular complexity index is 565. The van der Waals surface area contributed by atoms with Crippen molar-refractivity contribution in [1.29, 1.82) is 0 Å². The number of aryl methyl sites for hydroxylation is 1. The third-order valence-corrected chi connectivity index (χ3v) is 4.32. The summed E-state index contributed by atoms with van der Waals surface area (Å²) in [5, 5.41) is 5.78. The van der Waals surface area contributed by atoms with Crippen molar-refractivity contribution < 1.29 is 9.59 Å². The molecule has 5 nitrogen and oxygen atoms in total. The molecule has 2 amide bonds. The molecule has 0 aromatic heterocycles. The maximum Gasteiger partial charge on any atom is 0.234 e. The van der Waals surface area contributed by atoms with Gasteiger partial charge in [0.1, 0.15) is 0 Å². The highest BCUT2D eigenvalue weighted by Gasteiger charge is 2.28. The van der Waals surface area contributed by atoms with E-state index >= 15 is 0 Å². The van der Waals surface area contributed by atoms with Crippen LogP contribution in [0.3, 0.4) is 0 Å². The zero-order valence-corrected chi connectivity index (χ0v) is 12.3. The summed E-state index contributed by atoms with van der Waals surface area (Å²) in [5.74, 6) is -0.524. The lowest BCUT2D eigenvalue weighted by Crippen LogP contribution is -2.43. The number of piperazine rings is 1. The summed E-state index contributed by atoms with van der Waals surface area (Å²) in [6, 6.07) is 6.24. The van der Waals surface area contributed by atoms with Gasteiger partial charge in [-0.05, 0) is 30.5 Å². The van der Waals surface area contributed by atoms with E-state index in [1.54, 1.807) is 0 Å². The lowest BCUT2D eigenvalue weighted by Gasteiger charge is -2.31. The van der Waals surface area contributed by atoms with Crippen molar-refractivity contribution in [3.63, 3.8) is 0 Å². The van der Waals surface area contributed by atoms with Gasteiger partial charge >= 0.3 is 0 Å². The normalized spacial score (nSPS) is 23.1. The number of amides is 2. The Balaban J connectivity index is 1.80. The van der Waals surface area contributed by atoms with E-state index in [1.165, 1.54) is 11.3 Å². The number of hydrogen-bond acceptors (Lipinski definition) is 4. The minimum absolute atomic E-state index is 0.162. The zero-order valence-electron chi connectivity index (χ0n) is 12.3. The first-order valence-corrected chi connectivity index (χ1v) is 7.55. The molecular weight excluding hydrogens is 266 g/mol. The van der Waals surface area contributed by atoms with Crippen LogP contribution < -0.4 is 15.5 Å². The Labute approximate surface area is 124 Å². The average molecular weight is 287 g/mol. The number of anilines is 1. The molecule has 3 rings (SSSR count). The van der Waals surface area contributed by atoms with Gasteiger partial charge < -0.3 is 10.2 Å². The van der Waals surface area contributed by atoms with E-state index in [0.717, 1.165) is 31.7 Å². The topological polar surface area (TPSA) is 61.4 Å². The summed E-state index contributed by atoms with van der Waals surface area (Å²) in [6.07, 6.45) is 1.03. The summed E-state index contributed by atoms with van der Waals surface area (Å²) in [5.41, 5.74) is 3.45. The summed E-state index contributed by atoms with van der Waals surface area (Å²) >= 11 is 0. The van der Waals surface area contributed by atoms with E-state index in [0.29, 0.717) is 12.8 Å². The van der Waals surface area contributed by atoms with E-state index in [-0.39, 0.29) is 17.7 Å². The quantitative estimate of drug-likeness (QED) is 0.794. The Morgan fingerprint density at radius 1 is 1.19 bits per heavy atom. The number of carbonyl (C=O) groups is 2. The number of nitrogens with one attached hydrogen (secondary N) is 2. The molecule has 2 aliphatic heterocycles. The van der Waals surface area contributed by atoms with Crippen LogP contribution in [0.2, 0.25) is 0 Å². The molecule has 2 N–H and O–H groups in total. The highest BCUT2D eigenvalue weighted by atomic mass is 16.2. The van der Waals surface area contributed by atoms with Gasteiger partial charge in [0.25, 0.3) is 0 Å². The van der Waals surface area contributed by atoms with E-state index in [9.17, 15) is 9.59 Å². The second kappa shape index (κ2) is 5.85. The first kappa shape index (κ1) is 14.1. The zero-order chi connectivity index (χ0) is 14.8. The van der Waals surface area contributed by atoms with Crippen molar-refractivity contribution in [3.05, 3.63) is 29.3 Å². The van der Waals surface area contributed by atoms with Gasteiger partial charge in [-0.15, -0.1) is 0 Å². The van der Waals surface area contributed by atoms with E-state index in [1.807, 2.05) is 6.07 Å². The highest BCUT2D eigenvalue weighted by molar-refractivity contribution is 6.01. The van der Waals surface area contributed by atoms with Gasteiger partial charge in [-0.3, -0.25) is 14.9 Å². The van der Waals surface area contributed by atoms with E-state index in [4.69, 9.17) is 0 Å². The SMILES string of the molecule is Cc1cc(C2CCC(=O)NC2=O)ccc1N1CCNCC1. The number of benzene rings is 1. The van der Waals surface area contributed by atoms with Crippen LogP contribution in [0.1, 0.15) is 29.9 Å². The van der Waals surface area contributed by atoms with Crippen molar-refractivity contribution in [2.45, 2.75) is 25.7 Å². The molecule has 2 heterocycles. The van der Waals surface area contributed by atoms with Crippen LogP contribution in [0, 0.1) is 6.92 Å². The van der Waals surface area contributed by atoms with Crippen LogP contribution in [0.5, 0.6) is 0 Å². The largest absolute Gasteiger partial charge is 0.369 e. The standard InChI is InChI=1S/C16H21N3O2/c1-11-10-12(13-3-5-15(20)18-16(13)21)2-4-14(11)19-8-6-17-7-9-19/h2,4,10,13,17H,3,5-9H2,1H3,(H,18,20,21). The molecule has 1 atom stereocenters. The molecule has 21 heavy (non-hydrogen) atoms. The lowest BCUT2D eigenvalue weighted by molar-refractivity contribution is -0.134. The van der Waals surface area contributed by atoms with Gasteiger partial charge in [0.2, 0.25) is 11.8 Å². The molecular formula is C16H21N3O2. The van der Waals surface area contributed by atoms with Crippen LogP contribution in [0.25, 0.3) is 0 Å². The van der Waals surface area contributed by atoms with Crippen molar-refractivity contribution in [1.82, 2.24) is 10.6 Å². The van der Waals surface area contributed by atoms with Crippen LogP contribution in [-0.2, 0) is 9.59 Å². The maximum atomic E-state index is 12.0. The summed E-state index contributed by atoms with van der Waals surface area (Å²) < 4.78 is 0. The van der Waals surface area contributed by atoms with Crippen LogP contribution in [0.4, 0.5) is 5.69 Å². The molecule has 112 valence electrons. The van der Waals surface area contributed by atoms with Crippen molar-refractivity contribution in [2.24, 2.45) is 0 Å². The molecule has 0 aliphatic carbocycles. The van der Waals surface area contributed by atoms with Gasteiger partial charge in [0, 0.05) is 38.3 Å². The molecule has 0 spiro atoms. The van der Waals surface area contributed by atoms with E-state index < -0.39 is 0 Å². The van der Waals surface area contributed by atoms with Crippen molar-refractivity contribution in [3.8, 4) is 0 Å². The fourth-order valence-electron chi connectivity index (χ4n) is 3.17. The first-order valence-electron chi connectivity index (χ1n) is 7.55. The summed E-state index contributed by atoms with van der Waals surface area (Å²) in [4.78, 5) is 25.6. The molecule has 0 bridgehead atoms.